The monoisotopic (exact) mass is 252 g/mol. The zero-order chi connectivity index (χ0) is 11.4. The molecule has 0 spiro atoms. The van der Waals surface area contributed by atoms with Gasteiger partial charge in [0.1, 0.15) is 0 Å². The maximum atomic E-state index is 5.72. The quantitative estimate of drug-likeness (QED) is 0.826. The summed E-state index contributed by atoms with van der Waals surface area (Å²) < 4.78 is 0. The summed E-state index contributed by atoms with van der Waals surface area (Å²) in [6, 6.07) is 8.27. The van der Waals surface area contributed by atoms with Crippen LogP contribution in [0, 0.1) is 0 Å². The fraction of sp³-hybridized carbons (Fsp3) is 0.250. The molecule has 0 saturated carbocycles. The Kier molecular flexibility index (Phi) is 3.80. The Hall–Kier alpha value is -1.06. The van der Waals surface area contributed by atoms with Crippen LogP contribution in [0.3, 0.4) is 0 Å². The number of anilines is 2. The van der Waals surface area contributed by atoms with Gasteiger partial charge in [-0.15, -0.1) is 22.9 Å². The molecule has 16 heavy (non-hydrogen) atoms. The lowest BCUT2D eigenvalue weighted by molar-refractivity contribution is 1.14. The number of thiazole rings is 1. The molecule has 0 atom stereocenters. The van der Waals surface area contributed by atoms with Crippen molar-refractivity contribution >= 4 is 33.8 Å². The van der Waals surface area contributed by atoms with Crippen LogP contribution in [-0.2, 0) is 12.3 Å². The van der Waals surface area contributed by atoms with Crippen molar-refractivity contribution in [3.8, 4) is 0 Å². The van der Waals surface area contributed by atoms with Gasteiger partial charge in [0.15, 0.2) is 5.13 Å². The standard InChI is InChI=1S/C12H13ClN2S/c1-2-9-5-3-4-6-11(9)15-12-14-10(7-13)8-16-12/h3-6,8H,2,7H2,1H3,(H,14,15). The van der Waals surface area contributed by atoms with Crippen LogP contribution in [0.5, 0.6) is 0 Å². The minimum atomic E-state index is 0.466. The lowest BCUT2D eigenvalue weighted by Crippen LogP contribution is -1.94. The van der Waals surface area contributed by atoms with Gasteiger partial charge in [-0.1, -0.05) is 25.1 Å². The van der Waals surface area contributed by atoms with Gasteiger partial charge in [-0.3, -0.25) is 0 Å². The van der Waals surface area contributed by atoms with Crippen molar-refractivity contribution in [3.63, 3.8) is 0 Å². The van der Waals surface area contributed by atoms with E-state index in [1.807, 2.05) is 11.4 Å². The molecule has 1 heterocycles. The van der Waals surface area contributed by atoms with E-state index in [0.29, 0.717) is 5.88 Å². The molecule has 0 amide bonds. The molecule has 0 aliphatic heterocycles. The summed E-state index contributed by atoms with van der Waals surface area (Å²) in [7, 11) is 0. The predicted octanol–water partition coefficient (Wildman–Crippen LogP) is 4.19. The molecule has 0 aliphatic rings. The molecule has 1 N–H and O–H groups in total. The van der Waals surface area contributed by atoms with Gasteiger partial charge in [0, 0.05) is 11.1 Å². The minimum absolute atomic E-state index is 0.466. The number of halogens is 1. The second kappa shape index (κ2) is 5.32. The highest BCUT2D eigenvalue weighted by Crippen LogP contribution is 2.24. The van der Waals surface area contributed by atoms with Gasteiger partial charge in [-0.05, 0) is 18.1 Å². The van der Waals surface area contributed by atoms with Gasteiger partial charge in [-0.2, -0.15) is 0 Å². The van der Waals surface area contributed by atoms with Crippen molar-refractivity contribution in [3.05, 3.63) is 40.9 Å². The highest BCUT2D eigenvalue weighted by Gasteiger charge is 2.03. The molecule has 0 saturated heterocycles. The van der Waals surface area contributed by atoms with Gasteiger partial charge in [0.25, 0.3) is 0 Å². The molecule has 0 bridgehead atoms. The Morgan fingerprint density at radius 3 is 2.88 bits per heavy atom. The van der Waals surface area contributed by atoms with E-state index >= 15 is 0 Å². The van der Waals surface area contributed by atoms with Crippen molar-refractivity contribution in [2.45, 2.75) is 19.2 Å². The molecule has 2 nitrogen and oxygen atoms in total. The third kappa shape index (κ3) is 2.54. The normalized spacial score (nSPS) is 10.4. The van der Waals surface area contributed by atoms with E-state index in [2.05, 4.69) is 35.4 Å². The largest absolute Gasteiger partial charge is 0.331 e. The maximum absolute atomic E-state index is 5.72. The first kappa shape index (κ1) is 11.4. The number of alkyl halides is 1. The number of hydrogen-bond acceptors (Lipinski definition) is 3. The van der Waals surface area contributed by atoms with Gasteiger partial charge in [-0.25, -0.2) is 4.98 Å². The second-order valence-corrected chi connectivity index (χ2v) is 4.54. The van der Waals surface area contributed by atoms with E-state index in [1.54, 1.807) is 11.3 Å². The number of aromatic nitrogens is 1. The number of aryl methyl sites for hydroxylation is 1. The molecule has 0 radical (unpaired) electrons. The van der Waals surface area contributed by atoms with Crippen molar-refractivity contribution < 1.29 is 0 Å². The van der Waals surface area contributed by atoms with Crippen LogP contribution < -0.4 is 5.32 Å². The van der Waals surface area contributed by atoms with E-state index in [4.69, 9.17) is 11.6 Å². The van der Waals surface area contributed by atoms with E-state index in [1.165, 1.54) is 5.56 Å². The molecular weight excluding hydrogens is 240 g/mol. The number of nitrogens with one attached hydrogen (secondary N) is 1. The number of para-hydroxylation sites is 1. The summed E-state index contributed by atoms with van der Waals surface area (Å²) in [4.78, 5) is 4.37. The van der Waals surface area contributed by atoms with E-state index in [0.717, 1.165) is 22.9 Å². The molecular formula is C12H13ClN2S. The molecule has 4 heteroatoms. The second-order valence-electron chi connectivity index (χ2n) is 3.41. The van der Waals surface area contributed by atoms with Crippen molar-refractivity contribution in [1.29, 1.82) is 0 Å². The van der Waals surface area contributed by atoms with Crippen LogP contribution in [0.4, 0.5) is 10.8 Å². The average molecular weight is 253 g/mol. The van der Waals surface area contributed by atoms with E-state index in [9.17, 15) is 0 Å². The van der Waals surface area contributed by atoms with Gasteiger partial charge >= 0.3 is 0 Å². The molecule has 1 aromatic carbocycles. The fourth-order valence-corrected chi connectivity index (χ4v) is 2.44. The Bertz CT molecular complexity index is 468. The lowest BCUT2D eigenvalue weighted by Gasteiger charge is -2.07. The van der Waals surface area contributed by atoms with Crippen LogP contribution in [0.25, 0.3) is 0 Å². The molecule has 2 aromatic rings. The summed E-state index contributed by atoms with van der Waals surface area (Å²) in [5.74, 6) is 0.466. The summed E-state index contributed by atoms with van der Waals surface area (Å²) in [6.45, 7) is 2.15. The molecule has 0 unspecified atom stereocenters. The number of nitrogens with zero attached hydrogens (tertiary/aromatic N) is 1. The van der Waals surface area contributed by atoms with Crippen LogP contribution in [0.2, 0.25) is 0 Å². The Morgan fingerprint density at radius 2 is 2.19 bits per heavy atom. The Morgan fingerprint density at radius 1 is 1.38 bits per heavy atom. The third-order valence-corrected chi connectivity index (χ3v) is 3.41. The van der Waals surface area contributed by atoms with Gasteiger partial charge in [0.2, 0.25) is 0 Å². The Labute approximate surface area is 104 Å². The van der Waals surface area contributed by atoms with Crippen LogP contribution in [0.1, 0.15) is 18.2 Å². The van der Waals surface area contributed by atoms with Crippen molar-refractivity contribution in [2.24, 2.45) is 0 Å². The summed E-state index contributed by atoms with van der Waals surface area (Å²) in [5.41, 5.74) is 3.34. The average Bonchev–Trinajstić information content (AvgIpc) is 2.77. The smallest absolute Gasteiger partial charge is 0.187 e. The lowest BCUT2D eigenvalue weighted by atomic mass is 10.1. The predicted molar refractivity (Wildman–Crippen MR) is 70.8 cm³/mol. The van der Waals surface area contributed by atoms with Crippen molar-refractivity contribution in [1.82, 2.24) is 4.98 Å². The van der Waals surface area contributed by atoms with E-state index in [-0.39, 0.29) is 0 Å². The molecule has 2 rings (SSSR count). The molecule has 0 fully saturated rings. The summed E-state index contributed by atoms with van der Waals surface area (Å²) >= 11 is 7.30. The minimum Gasteiger partial charge on any atom is -0.331 e. The maximum Gasteiger partial charge on any atom is 0.187 e. The Balaban J connectivity index is 2.19. The molecule has 84 valence electrons. The highest BCUT2D eigenvalue weighted by atomic mass is 35.5. The molecule has 1 aromatic heterocycles. The summed E-state index contributed by atoms with van der Waals surface area (Å²) in [6.07, 6.45) is 1.01. The van der Waals surface area contributed by atoms with Gasteiger partial charge < -0.3 is 5.32 Å². The van der Waals surface area contributed by atoms with Crippen LogP contribution in [-0.4, -0.2) is 4.98 Å². The zero-order valence-corrected chi connectivity index (χ0v) is 10.6. The van der Waals surface area contributed by atoms with Crippen LogP contribution in [0.15, 0.2) is 29.6 Å². The fourth-order valence-electron chi connectivity index (χ4n) is 1.49. The van der Waals surface area contributed by atoms with Crippen molar-refractivity contribution in [2.75, 3.05) is 5.32 Å². The first-order chi connectivity index (χ1) is 7.83. The first-order valence-corrected chi connectivity index (χ1v) is 6.60. The SMILES string of the molecule is CCc1ccccc1Nc1nc(CCl)cs1. The third-order valence-electron chi connectivity index (χ3n) is 2.33. The number of hydrogen-bond donors (Lipinski definition) is 1. The van der Waals surface area contributed by atoms with E-state index < -0.39 is 0 Å². The first-order valence-electron chi connectivity index (χ1n) is 5.18. The number of rotatable bonds is 4. The van der Waals surface area contributed by atoms with Crippen LogP contribution >= 0.6 is 22.9 Å². The highest BCUT2D eigenvalue weighted by molar-refractivity contribution is 7.13. The number of benzene rings is 1. The molecule has 0 aliphatic carbocycles. The van der Waals surface area contributed by atoms with Gasteiger partial charge in [0.05, 0.1) is 11.6 Å². The summed E-state index contributed by atoms with van der Waals surface area (Å²) in [5, 5.41) is 6.20. The zero-order valence-electron chi connectivity index (χ0n) is 9.03. The topological polar surface area (TPSA) is 24.9 Å².